The summed E-state index contributed by atoms with van der Waals surface area (Å²) in [5.41, 5.74) is 0. The maximum atomic E-state index is 11.4. The van der Waals surface area contributed by atoms with Crippen molar-refractivity contribution in [2.75, 3.05) is 25.1 Å². The maximum absolute atomic E-state index is 11.4. The van der Waals surface area contributed by atoms with Crippen LogP contribution in [0.15, 0.2) is 0 Å². The van der Waals surface area contributed by atoms with Gasteiger partial charge in [-0.2, -0.15) is 0 Å². The van der Waals surface area contributed by atoms with Crippen LogP contribution in [0, 0.1) is 11.8 Å². The van der Waals surface area contributed by atoms with Gasteiger partial charge in [0.1, 0.15) is 6.61 Å². The average molecular weight is 292 g/mol. The Labute approximate surface area is 106 Å². The lowest BCUT2D eigenvalue weighted by atomic mass is 9.80. The van der Waals surface area contributed by atoms with E-state index >= 15 is 0 Å². The van der Waals surface area contributed by atoms with Gasteiger partial charge in [-0.3, -0.25) is 4.79 Å². The summed E-state index contributed by atoms with van der Waals surface area (Å²) in [6, 6.07) is 0. The van der Waals surface area contributed by atoms with Crippen LogP contribution in [0.1, 0.15) is 32.6 Å². The Bertz CT molecular complexity index is 211. The summed E-state index contributed by atoms with van der Waals surface area (Å²) in [7, 11) is 0. The highest BCUT2D eigenvalue weighted by Gasteiger charge is 2.24. The van der Waals surface area contributed by atoms with Crippen LogP contribution in [0.5, 0.6) is 0 Å². The molecular weight excluding hydrogens is 270 g/mol. The smallest absolute Gasteiger partial charge is 0.246 e. The zero-order chi connectivity index (χ0) is 11.8. The van der Waals surface area contributed by atoms with Crippen molar-refractivity contribution in [2.24, 2.45) is 11.8 Å². The summed E-state index contributed by atoms with van der Waals surface area (Å²) < 4.78 is 5.07. The van der Waals surface area contributed by atoms with Crippen LogP contribution in [0.2, 0.25) is 0 Å². The van der Waals surface area contributed by atoms with Crippen molar-refractivity contribution < 1.29 is 9.53 Å². The number of halogens is 1. The van der Waals surface area contributed by atoms with E-state index < -0.39 is 0 Å². The van der Waals surface area contributed by atoms with Gasteiger partial charge in [0.15, 0.2) is 0 Å². The molecule has 0 aliphatic heterocycles. The van der Waals surface area contributed by atoms with Gasteiger partial charge in [-0.15, -0.1) is 0 Å². The van der Waals surface area contributed by atoms with Crippen molar-refractivity contribution >= 4 is 21.8 Å². The first-order chi connectivity index (χ1) is 7.77. The van der Waals surface area contributed by atoms with Crippen LogP contribution >= 0.6 is 15.9 Å². The monoisotopic (exact) mass is 291 g/mol. The molecule has 0 saturated heterocycles. The number of hydrogen-bond donors (Lipinski definition) is 1. The topological polar surface area (TPSA) is 38.3 Å². The molecule has 0 spiro atoms. The van der Waals surface area contributed by atoms with Crippen LogP contribution in [0.3, 0.4) is 0 Å². The molecule has 0 bridgehead atoms. The highest BCUT2D eigenvalue weighted by atomic mass is 79.9. The van der Waals surface area contributed by atoms with Gasteiger partial charge in [0, 0.05) is 18.5 Å². The van der Waals surface area contributed by atoms with Crippen molar-refractivity contribution in [1.82, 2.24) is 5.32 Å². The summed E-state index contributed by atoms with van der Waals surface area (Å²) in [6.07, 6.45) is 5.16. The molecule has 4 heteroatoms. The maximum Gasteiger partial charge on any atom is 0.246 e. The summed E-state index contributed by atoms with van der Waals surface area (Å²) in [5, 5.41) is 4.02. The molecular formula is C12H22BrNO2. The molecule has 1 N–H and O–H groups in total. The highest BCUT2D eigenvalue weighted by Crippen LogP contribution is 2.30. The molecule has 1 aliphatic rings. The van der Waals surface area contributed by atoms with Crippen LogP contribution < -0.4 is 5.32 Å². The van der Waals surface area contributed by atoms with E-state index in [2.05, 4.69) is 21.2 Å². The predicted octanol–water partition coefficient (Wildman–Crippen LogP) is 2.34. The molecule has 0 radical (unpaired) electrons. The van der Waals surface area contributed by atoms with E-state index in [0.29, 0.717) is 12.5 Å². The lowest BCUT2D eigenvalue weighted by Gasteiger charge is -2.30. The van der Waals surface area contributed by atoms with Crippen LogP contribution in [0.4, 0.5) is 0 Å². The minimum atomic E-state index is 0.0146. The Kier molecular flexibility index (Phi) is 7.05. The van der Waals surface area contributed by atoms with Crippen molar-refractivity contribution in [2.45, 2.75) is 32.6 Å². The van der Waals surface area contributed by atoms with Gasteiger partial charge in [-0.05, 0) is 31.6 Å². The molecule has 1 rings (SSSR count). The molecule has 16 heavy (non-hydrogen) atoms. The molecule has 1 fully saturated rings. The number of amides is 1. The Morgan fingerprint density at radius 1 is 1.38 bits per heavy atom. The summed E-state index contributed by atoms with van der Waals surface area (Å²) in [4.78, 5) is 11.4. The van der Waals surface area contributed by atoms with Gasteiger partial charge in [0.05, 0.1) is 0 Å². The number of ether oxygens (including phenoxy) is 1. The van der Waals surface area contributed by atoms with E-state index in [-0.39, 0.29) is 12.5 Å². The molecule has 2 unspecified atom stereocenters. The second-order valence-corrected chi connectivity index (χ2v) is 5.05. The zero-order valence-electron chi connectivity index (χ0n) is 10.0. The van der Waals surface area contributed by atoms with Crippen molar-refractivity contribution in [3.63, 3.8) is 0 Å². The minimum Gasteiger partial charge on any atom is -0.372 e. The number of hydrogen-bond acceptors (Lipinski definition) is 2. The third-order valence-corrected chi connectivity index (χ3v) is 4.10. The fraction of sp³-hybridized carbons (Fsp3) is 0.917. The first-order valence-corrected chi connectivity index (χ1v) is 7.30. The quantitative estimate of drug-likeness (QED) is 0.763. The Morgan fingerprint density at radius 2 is 2.06 bits per heavy atom. The molecule has 2 atom stereocenters. The van der Waals surface area contributed by atoms with E-state index in [1.807, 2.05) is 6.92 Å². The highest BCUT2D eigenvalue weighted by molar-refractivity contribution is 9.09. The summed E-state index contributed by atoms with van der Waals surface area (Å²) in [6.45, 7) is 3.50. The second kappa shape index (κ2) is 8.07. The lowest BCUT2D eigenvalue weighted by Crippen LogP contribution is -2.36. The number of carbonyl (C=O) groups excluding carboxylic acids is 1. The normalized spacial score (nSPS) is 25.4. The predicted molar refractivity (Wildman–Crippen MR) is 68.7 cm³/mol. The fourth-order valence-corrected chi connectivity index (χ4v) is 3.10. The third-order valence-electron chi connectivity index (χ3n) is 3.26. The number of rotatable bonds is 6. The standard InChI is InChI=1S/C12H22BrNO2/c1-2-16-9-12(15)14-8-11-6-4-3-5-10(11)7-13/h10-11H,2-9H2,1H3,(H,14,15). The number of nitrogens with one attached hydrogen (secondary N) is 1. The first-order valence-electron chi connectivity index (χ1n) is 6.18. The molecule has 3 nitrogen and oxygen atoms in total. The van der Waals surface area contributed by atoms with Gasteiger partial charge >= 0.3 is 0 Å². The molecule has 0 aromatic carbocycles. The SMILES string of the molecule is CCOCC(=O)NCC1CCCCC1CBr. The molecule has 0 aromatic rings. The Morgan fingerprint density at radius 3 is 2.69 bits per heavy atom. The van der Waals surface area contributed by atoms with E-state index in [0.717, 1.165) is 17.8 Å². The van der Waals surface area contributed by atoms with Gasteiger partial charge < -0.3 is 10.1 Å². The third kappa shape index (κ3) is 4.83. The van der Waals surface area contributed by atoms with Crippen molar-refractivity contribution in [1.29, 1.82) is 0 Å². The molecule has 0 heterocycles. The molecule has 1 saturated carbocycles. The first kappa shape index (κ1) is 14.0. The summed E-state index contributed by atoms with van der Waals surface area (Å²) in [5.74, 6) is 1.38. The number of carbonyl (C=O) groups is 1. The minimum absolute atomic E-state index is 0.0146. The molecule has 1 amide bonds. The van der Waals surface area contributed by atoms with E-state index in [1.54, 1.807) is 0 Å². The van der Waals surface area contributed by atoms with Gasteiger partial charge in [-0.25, -0.2) is 0 Å². The van der Waals surface area contributed by atoms with E-state index in [1.165, 1.54) is 25.7 Å². The Hall–Kier alpha value is -0.0900. The van der Waals surface area contributed by atoms with Gasteiger partial charge in [0.2, 0.25) is 5.91 Å². The Balaban J connectivity index is 2.21. The fourth-order valence-electron chi connectivity index (χ4n) is 2.25. The largest absolute Gasteiger partial charge is 0.372 e. The molecule has 0 aromatic heterocycles. The molecule has 1 aliphatic carbocycles. The summed E-state index contributed by atoms with van der Waals surface area (Å²) >= 11 is 3.56. The van der Waals surface area contributed by atoms with Crippen molar-refractivity contribution in [3.05, 3.63) is 0 Å². The van der Waals surface area contributed by atoms with Gasteiger partial charge in [-0.1, -0.05) is 28.8 Å². The van der Waals surface area contributed by atoms with Crippen LogP contribution in [-0.4, -0.2) is 31.0 Å². The molecule has 94 valence electrons. The van der Waals surface area contributed by atoms with E-state index in [4.69, 9.17) is 4.74 Å². The average Bonchev–Trinajstić information content (AvgIpc) is 2.34. The zero-order valence-corrected chi connectivity index (χ0v) is 11.6. The second-order valence-electron chi connectivity index (χ2n) is 4.40. The lowest BCUT2D eigenvalue weighted by molar-refractivity contribution is -0.125. The van der Waals surface area contributed by atoms with Crippen LogP contribution in [-0.2, 0) is 9.53 Å². The van der Waals surface area contributed by atoms with E-state index in [9.17, 15) is 4.79 Å². The van der Waals surface area contributed by atoms with Crippen molar-refractivity contribution in [3.8, 4) is 0 Å². The van der Waals surface area contributed by atoms with Crippen LogP contribution in [0.25, 0.3) is 0 Å². The van der Waals surface area contributed by atoms with Gasteiger partial charge in [0.25, 0.3) is 0 Å². The number of alkyl halides is 1.